The molecule has 0 unspecified atom stereocenters. The number of nitrogens with two attached hydrogens (primary N) is 1. The van der Waals surface area contributed by atoms with E-state index in [2.05, 4.69) is 11.9 Å². The number of hydrogen-bond donors (Lipinski definition) is 1. The molecule has 1 heterocycles. The van der Waals surface area contributed by atoms with Crippen LogP contribution in [0.1, 0.15) is 34.1 Å². The van der Waals surface area contributed by atoms with E-state index in [1.165, 1.54) is 4.88 Å². The summed E-state index contributed by atoms with van der Waals surface area (Å²) in [5.41, 5.74) is 8.02. The number of aromatic nitrogens is 1. The molecule has 0 saturated carbocycles. The monoisotopic (exact) mass is 262 g/mol. The van der Waals surface area contributed by atoms with E-state index >= 15 is 0 Å². The van der Waals surface area contributed by atoms with E-state index in [0.717, 1.165) is 22.0 Å². The Labute approximate surface area is 112 Å². The van der Waals surface area contributed by atoms with E-state index in [1.54, 1.807) is 11.3 Å². The van der Waals surface area contributed by atoms with Gasteiger partial charge in [0.25, 0.3) is 0 Å². The zero-order chi connectivity index (χ0) is 13.1. The van der Waals surface area contributed by atoms with Gasteiger partial charge in [0.15, 0.2) is 0 Å². The lowest BCUT2D eigenvalue weighted by Crippen LogP contribution is -2.05. The summed E-state index contributed by atoms with van der Waals surface area (Å²) in [7, 11) is 0. The Bertz CT molecular complexity index is 515. The first-order valence-electron chi connectivity index (χ1n) is 5.97. The average molecular weight is 262 g/mol. The molecule has 0 radical (unpaired) electrons. The molecule has 4 heteroatoms. The summed E-state index contributed by atoms with van der Waals surface area (Å²) in [5.74, 6) is 0.843. The van der Waals surface area contributed by atoms with Crippen molar-refractivity contribution in [2.75, 3.05) is 0 Å². The minimum absolute atomic E-state index is 0.0258. The summed E-state index contributed by atoms with van der Waals surface area (Å²) in [4.78, 5) is 5.70. The third kappa shape index (κ3) is 3.09. The van der Waals surface area contributed by atoms with E-state index in [4.69, 9.17) is 10.5 Å². The van der Waals surface area contributed by atoms with Crippen LogP contribution in [-0.4, -0.2) is 4.98 Å². The minimum Gasteiger partial charge on any atom is -0.486 e. The molecular formula is C14H18N2OS. The van der Waals surface area contributed by atoms with Gasteiger partial charge in [0.1, 0.15) is 17.4 Å². The largest absolute Gasteiger partial charge is 0.486 e. The fraction of sp³-hybridized carbons (Fsp3) is 0.357. The SMILES string of the molecule is Cc1nc(COc2cccc([C@@H](C)N)c2)sc1C. The Morgan fingerprint density at radius 1 is 1.39 bits per heavy atom. The van der Waals surface area contributed by atoms with Gasteiger partial charge in [0.2, 0.25) is 0 Å². The van der Waals surface area contributed by atoms with Gasteiger partial charge in [-0.15, -0.1) is 11.3 Å². The second-order valence-corrected chi connectivity index (χ2v) is 5.69. The van der Waals surface area contributed by atoms with E-state index in [9.17, 15) is 0 Å². The van der Waals surface area contributed by atoms with Crippen molar-refractivity contribution in [2.24, 2.45) is 5.73 Å². The number of rotatable bonds is 4. The van der Waals surface area contributed by atoms with Gasteiger partial charge in [0.05, 0.1) is 5.69 Å². The molecule has 0 bridgehead atoms. The van der Waals surface area contributed by atoms with Gasteiger partial charge in [0, 0.05) is 10.9 Å². The van der Waals surface area contributed by atoms with E-state index < -0.39 is 0 Å². The van der Waals surface area contributed by atoms with Gasteiger partial charge in [-0.3, -0.25) is 0 Å². The van der Waals surface area contributed by atoms with Gasteiger partial charge < -0.3 is 10.5 Å². The molecule has 18 heavy (non-hydrogen) atoms. The Morgan fingerprint density at radius 3 is 2.78 bits per heavy atom. The maximum Gasteiger partial charge on any atom is 0.140 e. The fourth-order valence-electron chi connectivity index (χ4n) is 1.63. The topological polar surface area (TPSA) is 48.1 Å². The predicted molar refractivity (Wildman–Crippen MR) is 75.0 cm³/mol. The normalized spacial score (nSPS) is 12.4. The molecule has 0 aliphatic heterocycles. The van der Waals surface area contributed by atoms with Crippen LogP contribution in [0, 0.1) is 13.8 Å². The van der Waals surface area contributed by atoms with Gasteiger partial charge in [-0.05, 0) is 38.5 Å². The molecule has 2 rings (SSSR count). The molecule has 0 fully saturated rings. The lowest BCUT2D eigenvalue weighted by molar-refractivity contribution is 0.305. The number of benzene rings is 1. The Balaban J connectivity index is 2.03. The summed E-state index contributed by atoms with van der Waals surface area (Å²) >= 11 is 1.68. The van der Waals surface area contributed by atoms with E-state index in [0.29, 0.717) is 6.61 Å². The van der Waals surface area contributed by atoms with Crippen LogP contribution in [0.5, 0.6) is 5.75 Å². The van der Waals surface area contributed by atoms with Crippen LogP contribution in [0.25, 0.3) is 0 Å². The smallest absolute Gasteiger partial charge is 0.140 e. The Morgan fingerprint density at radius 2 is 2.17 bits per heavy atom. The first-order chi connectivity index (χ1) is 8.56. The maximum absolute atomic E-state index is 5.85. The predicted octanol–water partition coefficient (Wildman–Crippen LogP) is 3.36. The highest BCUT2D eigenvalue weighted by atomic mass is 32.1. The first kappa shape index (κ1) is 13.1. The molecule has 2 N–H and O–H groups in total. The molecular weight excluding hydrogens is 244 g/mol. The van der Waals surface area contributed by atoms with Crippen molar-refractivity contribution in [3.63, 3.8) is 0 Å². The Hall–Kier alpha value is -1.39. The highest BCUT2D eigenvalue weighted by molar-refractivity contribution is 7.11. The Kier molecular flexibility index (Phi) is 3.99. The molecule has 3 nitrogen and oxygen atoms in total. The molecule has 1 aromatic heterocycles. The van der Waals surface area contributed by atoms with E-state index in [-0.39, 0.29) is 6.04 Å². The average Bonchev–Trinajstić information content (AvgIpc) is 2.67. The van der Waals surface area contributed by atoms with Crippen LogP contribution >= 0.6 is 11.3 Å². The van der Waals surface area contributed by atoms with Gasteiger partial charge >= 0.3 is 0 Å². The second kappa shape index (κ2) is 5.50. The minimum atomic E-state index is 0.0258. The van der Waals surface area contributed by atoms with Crippen LogP contribution in [0.4, 0.5) is 0 Å². The number of nitrogens with zero attached hydrogens (tertiary/aromatic N) is 1. The highest BCUT2D eigenvalue weighted by Crippen LogP contribution is 2.21. The maximum atomic E-state index is 5.85. The molecule has 0 spiro atoms. The van der Waals surface area contributed by atoms with Crippen molar-refractivity contribution in [3.05, 3.63) is 45.4 Å². The molecule has 0 aliphatic carbocycles. The van der Waals surface area contributed by atoms with Crippen LogP contribution in [0.3, 0.4) is 0 Å². The molecule has 0 aliphatic rings. The van der Waals surface area contributed by atoms with Crippen LogP contribution in [0.2, 0.25) is 0 Å². The third-order valence-corrected chi connectivity index (χ3v) is 3.87. The number of aryl methyl sites for hydroxylation is 2. The van der Waals surface area contributed by atoms with Crippen LogP contribution in [0.15, 0.2) is 24.3 Å². The van der Waals surface area contributed by atoms with Crippen LogP contribution < -0.4 is 10.5 Å². The lowest BCUT2D eigenvalue weighted by Gasteiger charge is -2.08. The molecule has 2 aromatic rings. The summed E-state index contributed by atoms with van der Waals surface area (Å²) < 4.78 is 5.74. The molecule has 1 atom stereocenters. The summed E-state index contributed by atoms with van der Waals surface area (Å²) in [6, 6.07) is 7.93. The van der Waals surface area contributed by atoms with Crippen molar-refractivity contribution < 1.29 is 4.74 Å². The van der Waals surface area contributed by atoms with E-state index in [1.807, 2.05) is 38.1 Å². The van der Waals surface area contributed by atoms with Crippen LogP contribution in [-0.2, 0) is 6.61 Å². The van der Waals surface area contributed by atoms with Gasteiger partial charge in [-0.25, -0.2) is 4.98 Å². The molecule has 96 valence electrons. The summed E-state index contributed by atoms with van der Waals surface area (Å²) in [6.07, 6.45) is 0. The van der Waals surface area contributed by atoms with Crippen molar-refractivity contribution in [2.45, 2.75) is 33.4 Å². The molecule has 1 aromatic carbocycles. The first-order valence-corrected chi connectivity index (χ1v) is 6.79. The zero-order valence-electron chi connectivity index (χ0n) is 10.9. The van der Waals surface area contributed by atoms with Crippen molar-refractivity contribution in [3.8, 4) is 5.75 Å². The van der Waals surface area contributed by atoms with Crippen molar-refractivity contribution in [1.29, 1.82) is 0 Å². The highest BCUT2D eigenvalue weighted by Gasteiger charge is 2.05. The quantitative estimate of drug-likeness (QED) is 0.919. The second-order valence-electron chi connectivity index (χ2n) is 4.40. The lowest BCUT2D eigenvalue weighted by atomic mass is 10.1. The fourth-order valence-corrected chi connectivity index (χ4v) is 2.48. The number of hydrogen-bond acceptors (Lipinski definition) is 4. The summed E-state index contributed by atoms with van der Waals surface area (Å²) in [5, 5.41) is 1.01. The van der Waals surface area contributed by atoms with Gasteiger partial charge in [-0.2, -0.15) is 0 Å². The van der Waals surface area contributed by atoms with Crippen molar-refractivity contribution in [1.82, 2.24) is 4.98 Å². The zero-order valence-corrected chi connectivity index (χ0v) is 11.8. The number of thiazole rings is 1. The van der Waals surface area contributed by atoms with Crippen molar-refractivity contribution >= 4 is 11.3 Å². The molecule has 0 amide bonds. The summed E-state index contributed by atoms with van der Waals surface area (Å²) in [6.45, 7) is 6.58. The third-order valence-electron chi connectivity index (χ3n) is 2.82. The van der Waals surface area contributed by atoms with Gasteiger partial charge in [-0.1, -0.05) is 12.1 Å². The number of ether oxygens (including phenoxy) is 1. The standard InChI is InChI=1S/C14H18N2OS/c1-9(15)12-5-4-6-13(7-12)17-8-14-16-10(2)11(3)18-14/h4-7,9H,8,15H2,1-3H3/t9-/m1/s1. The molecule has 0 saturated heterocycles.